The van der Waals surface area contributed by atoms with Crippen LogP contribution in [0, 0.1) is 0 Å². The molecular weight excluding hydrogens is 451 g/mol. The van der Waals surface area contributed by atoms with E-state index in [1.165, 1.54) is 21.3 Å². The van der Waals surface area contributed by atoms with Gasteiger partial charge in [0, 0.05) is 0 Å². The molecule has 0 bridgehead atoms. The first kappa shape index (κ1) is 19.3. The molecule has 3 heteroatoms. The Kier molecular flexibility index (Phi) is 5.29. The summed E-state index contributed by atoms with van der Waals surface area (Å²) in [6.45, 7) is 0. The normalized spacial score (nSPS) is 12.2. The van der Waals surface area contributed by atoms with Crippen molar-refractivity contribution in [2.45, 2.75) is 6.16 Å². The van der Waals surface area contributed by atoms with Gasteiger partial charge >= 0.3 is 186 Å². The summed E-state index contributed by atoms with van der Waals surface area (Å²) >= 11 is 3.58. The Labute approximate surface area is 185 Å². The van der Waals surface area contributed by atoms with Gasteiger partial charge in [-0.1, -0.05) is 0 Å². The van der Waals surface area contributed by atoms with Gasteiger partial charge in [0.05, 0.1) is 0 Å². The zero-order chi connectivity index (χ0) is 20.4. The van der Waals surface area contributed by atoms with Crippen molar-refractivity contribution < 1.29 is 4.42 Å². The Morgan fingerprint density at radius 1 is 0.633 bits per heavy atom. The Balaban J connectivity index is 1.79. The van der Waals surface area contributed by atoms with Crippen LogP contribution in [0.2, 0.25) is 0 Å². The van der Waals surface area contributed by atoms with E-state index in [-0.39, 0.29) is 0 Å². The van der Waals surface area contributed by atoms with E-state index in [4.69, 9.17) is 4.42 Å². The summed E-state index contributed by atoms with van der Waals surface area (Å²) in [5.74, 6) is 1.06. The molecule has 0 aliphatic carbocycles. The fraction of sp³-hybridized carbons (Fsp3) is 0.0370. The molecule has 1 nitrogen and oxygen atoms in total. The quantitative estimate of drug-likeness (QED) is 0.269. The van der Waals surface area contributed by atoms with E-state index in [2.05, 4.69) is 125 Å². The average Bonchev–Trinajstić information content (AvgIpc) is 3.20. The Hall–Kier alpha value is -2.67. The van der Waals surface area contributed by atoms with Crippen molar-refractivity contribution in [1.29, 1.82) is 0 Å². The zero-order valence-corrected chi connectivity index (χ0v) is 19.0. The minimum absolute atomic E-state index is 0.871. The van der Waals surface area contributed by atoms with Crippen LogP contribution in [0.5, 0.6) is 0 Å². The monoisotopic (exact) mass is 472 g/mol. The molecule has 0 saturated carbocycles. The third-order valence-electron chi connectivity index (χ3n) is 5.87. The van der Waals surface area contributed by atoms with Gasteiger partial charge < -0.3 is 0 Å². The average molecular weight is 473 g/mol. The molecule has 5 aromatic rings. The van der Waals surface area contributed by atoms with Crippen LogP contribution in [0.4, 0.5) is 0 Å². The summed E-state index contributed by atoms with van der Waals surface area (Å²) in [7, 11) is -2.36. The number of furan rings is 1. The number of halogens is 1. The van der Waals surface area contributed by atoms with Gasteiger partial charge in [-0.2, -0.15) is 0 Å². The van der Waals surface area contributed by atoms with E-state index in [0.29, 0.717) is 0 Å². The van der Waals surface area contributed by atoms with E-state index in [0.717, 1.165) is 21.8 Å². The maximum absolute atomic E-state index is 6.20. The van der Waals surface area contributed by atoms with Gasteiger partial charge in [0.25, 0.3) is 0 Å². The number of hydrogen-bond acceptors (Lipinski definition) is 1. The van der Waals surface area contributed by atoms with Crippen molar-refractivity contribution in [2.24, 2.45) is 0 Å². The van der Waals surface area contributed by atoms with Gasteiger partial charge in [-0.25, -0.2) is 0 Å². The van der Waals surface area contributed by atoms with Crippen molar-refractivity contribution >= 4 is 49.9 Å². The molecule has 5 rings (SSSR count). The van der Waals surface area contributed by atoms with E-state index >= 15 is 0 Å². The van der Waals surface area contributed by atoms with Gasteiger partial charge in [-0.15, -0.1) is 0 Å². The van der Waals surface area contributed by atoms with Crippen LogP contribution in [0.15, 0.2) is 124 Å². The number of benzene rings is 4. The predicted octanol–water partition coefficient (Wildman–Crippen LogP) is 6.42. The molecule has 0 radical (unpaired) electrons. The van der Waals surface area contributed by atoms with Gasteiger partial charge in [0.2, 0.25) is 0 Å². The molecule has 4 aromatic carbocycles. The summed E-state index contributed by atoms with van der Waals surface area (Å²) < 4.78 is 7.27. The molecule has 0 amide bonds. The molecule has 0 saturated heterocycles. The van der Waals surface area contributed by atoms with Crippen molar-refractivity contribution in [1.82, 2.24) is 0 Å². The molecule has 148 valence electrons. The van der Waals surface area contributed by atoms with Crippen LogP contribution < -0.4 is 15.9 Å². The molecule has 0 unspecified atom stereocenters. The Bertz CT molecular complexity index is 1170. The first-order chi connectivity index (χ1) is 14.8. The van der Waals surface area contributed by atoms with E-state index in [9.17, 15) is 0 Å². The van der Waals surface area contributed by atoms with Gasteiger partial charge in [-0.05, 0) is 0 Å². The molecule has 30 heavy (non-hydrogen) atoms. The minimum atomic E-state index is -2.36. The van der Waals surface area contributed by atoms with Crippen LogP contribution in [0.3, 0.4) is 0 Å². The Morgan fingerprint density at radius 3 is 1.63 bits per heavy atom. The second-order valence-corrected chi connectivity index (χ2v) is 12.4. The van der Waals surface area contributed by atoms with Crippen LogP contribution in [-0.4, -0.2) is 0 Å². The van der Waals surface area contributed by atoms with Gasteiger partial charge in [-0.3, -0.25) is 0 Å². The molecule has 1 heterocycles. The van der Waals surface area contributed by atoms with Crippen molar-refractivity contribution in [3.8, 4) is 0 Å². The first-order valence-corrected chi connectivity index (χ1v) is 13.1. The predicted molar refractivity (Wildman–Crippen MR) is 134 cm³/mol. The van der Waals surface area contributed by atoms with Crippen LogP contribution in [0.1, 0.15) is 5.76 Å². The molecule has 1 aromatic heterocycles. The SMILES string of the molecule is Brc1ccc2c(C[PH](c3ccccc3)(c3ccccc3)c3ccccc3)occ2c1. The van der Waals surface area contributed by atoms with Crippen molar-refractivity contribution in [2.75, 3.05) is 0 Å². The number of hydrogen-bond donors (Lipinski definition) is 0. The number of fused-ring (bicyclic) bond motifs is 1. The first-order valence-electron chi connectivity index (χ1n) is 10.1. The topological polar surface area (TPSA) is 13.1 Å². The van der Waals surface area contributed by atoms with Crippen molar-refractivity contribution in [3.63, 3.8) is 0 Å². The second kappa shape index (κ2) is 8.22. The number of rotatable bonds is 5. The third kappa shape index (κ3) is 3.41. The zero-order valence-electron chi connectivity index (χ0n) is 16.5. The fourth-order valence-corrected chi connectivity index (χ4v) is 9.47. The summed E-state index contributed by atoms with van der Waals surface area (Å²) in [6, 6.07) is 39.3. The van der Waals surface area contributed by atoms with Crippen molar-refractivity contribution in [3.05, 3.63) is 126 Å². The van der Waals surface area contributed by atoms with E-state index in [1.807, 2.05) is 6.26 Å². The summed E-state index contributed by atoms with van der Waals surface area (Å²) in [5, 5.41) is 6.51. The summed E-state index contributed by atoms with van der Waals surface area (Å²) in [6.07, 6.45) is 2.76. The van der Waals surface area contributed by atoms with Crippen LogP contribution in [0.25, 0.3) is 10.8 Å². The van der Waals surface area contributed by atoms with Crippen LogP contribution in [-0.2, 0) is 6.16 Å². The van der Waals surface area contributed by atoms with Crippen LogP contribution >= 0.6 is 23.2 Å². The molecule has 0 atom stereocenters. The maximum atomic E-state index is 6.20. The molecule has 0 spiro atoms. The summed E-state index contributed by atoms with van der Waals surface area (Å²) in [5.41, 5.74) is 0. The van der Waals surface area contributed by atoms with Gasteiger partial charge in [0.1, 0.15) is 0 Å². The standard InChI is InChI=1S/C27H22BrOP/c28-22-16-17-26-21(18-22)19-29-27(26)20-30(23-10-4-1-5-11-23,24-12-6-2-7-13-24)25-14-8-3-9-15-25/h1-19,30H,20H2. The third-order valence-corrected chi connectivity index (χ3v) is 11.2. The second-order valence-electron chi connectivity index (χ2n) is 7.57. The fourth-order valence-electron chi connectivity index (χ4n) is 4.44. The molecule has 0 aliphatic rings. The molecule has 0 N–H and O–H groups in total. The Morgan fingerprint density at radius 2 is 1.13 bits per heavy atom. The molecule has 0 fully saturated rings. The summed E-state index contributed by atoms with van der Waals surface area (Å²) in [4.78, 5) is 0. The van der Waals surface area contributed by atoms with E-state index in [1.54, 1.807) is 0 Å². The van der Waals surface area contributed by atoms with E-state index < -0.39 is 7.26 Å². The molecule has 0 aliphatic heterocycles. The van der Waals surface area contributed by atoms with Gasteiger partial charge in [0.15, 0.2) is 0 Å². The molecular formula is C27H22BrOP.